The quantitative estimate of drug-likeness (QED) is 0.825. The van der Waals surface area contributed by atoms with Crippen molar-refractivity contribution in [2.45, 2.75) is 19.1 Å². The van der Waals surface area contributed by atoms with Crippen LogP contribution in [0.3, 0.4) is 0 Å². The smallest absolute Gasteiger partial charge is 0.321 e. The average Bonchev–Trinajstić information content (AvgIpc) is 2.72. The number of amides is 2. The summed E-state index contributed by atoms with van der Waals surface area (Å²) in [6, 6.07) is 11.4. The van der Waals surface area contributed by atoms with Crippen LogP contribution in [-0.4, -0.2) is 52.0 Å². The number of ether oxygens (including phenoxy) is 4. The first-order valence-electron chi connectivity index (χ1n) is 9.06. The van der Waals surface area contributed by atoms with Gasteiger partial charge in [0.2, 0.25) is 5.75 Å². The van der Waals surface area contributed by atoms with Crippen LogP contribution in [0.5, 0.6) is 17.2 Å². The number of likely N-dealkylation sites (N-methyl/N-ethyl adjacent to an activating group) is 1. The van der Waals surface area contributed by atoms with Gasteiger partial charge in [0, 0.05) is 32.1 Å². The Labute approximate surface area is 165 Å². The van der Waals surface area contributed by atoms with Crippen molar-refractivity contribution in [3.8, 4) is 17.2 Å². The molecule has 2 aromatic rings. The number of nitrogens with zero attached hydrogens (tertiary/aromatic N) is 1. The monoisotopic (exact) mass is 386 g/mol. The predicted molar refractivity (Wildman–Crippen MR) is 106 cm³/mol. The fourth-order valence-electron chi connectivity index (χ4n) is 3.29. The van der Waals surface area contributed by atoms with Gasteiger partial charge in [0.05, 0.1) is 39.7 Å². The highest BCUT2D eigenvalue weighted by molar-refractivity contribution is 5.90. The molecule has 7 nitrogen and oxygen atoms in total. The van der Waals surface area contributed by atoms with Crippen LogP contribution in [0.4, 0.5) is 10.5 Å². The molecule has 1 heterocycles. The Kier molecular flexibility index (Phi) is 6.26. The molecule has 1 aliphatic heterocycles. The molecule has 2 aromatic carbocycles. The molecule has 0 radical (unpaired) electrons. The molecule has 0 fully saturated rings. The van der Waals surface area contributed by atoms with E-state index in [1.165, 1.54) is 32.5 Å². The summed E-state index contributed by atoms with van der Waals surface area (Å²) in [7, 11) is 6.35. The minimum Gasteiger partial charge on any atom is -0.493 e. The number of methoxy groups -OCH3 is 3. The number of hydrogen-bond acceptors (Lipinski definition) is 5. The largest absolute Gasteiger partial charge is 0.493 e. The van der Waals surface area contributed by atoms with Crippen molar-refractivity contribution in [3.05, 3.63) is 47.5 Å². The summed E-state index contributed by atoms with van der Waals surface area (Å²) < 4.78 is 21.9. The van der Waals surface area contributed by atoms with E-state index < -0.39 is 0 Å². The number of urea groups is 1. The predicted octanol–water partition coefficient (Wildman–Crippen LogP) is 3.32. The molecule has 0 spiro atoms. The lowest BCUT2D eigenvalue weighted by Crippen LogP contribution is -2.40. The number of anilines is 1. The van der Waals surface area contributed by atoms with E-state index in [-0.39, 0.29) is 12.1 Å². The molecule has 0 aromatic heterocycles. The topological polar surface area (TPSA) is 69.3 Å². The van der Waals surface area contributed by atoms with Crippen molar-refractivity contribution in [1.82, 2.24) is 4.90 Å². The van der Waals surface area contributed by atoms with E-state index in [2.05, 4.69) is 17.4 Å². The molecule has 150 valence electrons. The van der Waals surface area contributed by atoms with Crippen molar-refractivity contribution < 1.29 is 23.7 Å². The van der Waals surface area contributed by atoms with Gasteiger partial charge in [-0.15, -0.1) is 0 Å². The van der Waals surface area contributed by atoms with Crippen LogP contribution in [0.1, 0.15) is 11.1 Å². The molecule has 0 bridgehead atoms. The number of carbonyl (C=O) groups is 1. The van der Waals surface area contributed by atoms with E-state index in [1.807, 2.05) is 12.1 Å². The lowest BCUT2D eigenvalue weighted by molar-refractivity contribution is 0.0159. The third kappa shape index (κ3) is 4.31. The van der Waals surface area contributed by atoms with E-state index in [1.54, 1.807) is 24.1 Å². The first-order valence-corrected chi connectivity index (χ1v) is 9.06. The van der Waals surface area contributed by atoms with Gasteiger partial charge in [-0.2, -0.15) is 0 Å². The summed E-state index contributed by atoms with van der Waals surface area (Å²) in [5.74, 6) is 1.43. The van der Waals surface area contributed by atoms with E-state index in [0.29, 0.717) is 36.1 Å². The molecule has 2 amide bonds. The van der Waals surface area contributed by atoms with Crippen molar-refractivity contribution in [2.75, 3.05) is 40.2 Å². The van der Waals surface area contributed by atoms with Crippen molar-refractivity contribution in [1.29, 1.82) is 0 Å². The van der Waals surface area contributed by atoms with Crippen LogP contribution in [0.25, 0.3) is 0 Å². The normalized spacial score (nSPS) is 15.4. The zero-order chi connectivity index (χ0) is 20.1. The molecule has 0 aliphatic carbocycles. The van der Waals surface area contributed by atoms with Gasteiger partial charge in [0.1, 0.15) is 0 Å². The van der Waals surface area contributed by atoms with Crippen LogP contribution < -0.4 is 19.5 Å². The molecule has 1 aliphatic rings. The number of benzene rings is 2. The zero-order valence-corrected chi connectivity index (χ0v) is 16.7. The number of nitrogens with one attached hydrogen (secondary N) is 1. The zero-order valence-electron chi connectivity index (χ0n) is 16.7. The highest BCUT2D eigenvalue weighted by Crippen LogP contribution is 2.40. The van der Waals surface area contributed by atoms with Crippen LogP contribution in [-0.2, 0) is 17.8 Å². The highest BCUT2D eigenvalue weighted by Gasteiger charge is 2.22. The molecule has 7 heteroatoms. The van der Waals surface area contributed by atoms with Crippen LogP contribution >= 0.6 is 0 Å². The van der Waals surface area contributed by atoms with E-state index in [0.717, 1.165) is 6.42 Å². The lowest BCUT2D eigenvalue weighted by atomic mass is 9.99. The molecule has 0 saturated carbocycles. The summed E-state index contributed by atoms with van der Waals surface area (Å²) in [4.78, 5) is 14.2. The minimum atomic E-state index is -0.239. The molecule has 1 atom stereocenters. The summed E-state index contributed by atoms with van der Waals surface area (Å²) >= 11 is 0. The number of hydrogen-bond donors (Lipinski definition) is 1. The number of carbonyl (C=O) groups excluding carboxylic acids is 1. The molecule has 1 unspecified atom stereocenters. The second-order valence-corrected chi connectivity index (χ2v) is 6.63. The molecule has 1 N–H and O–H groups in total. The highest BCUT2D eigenvalue weighted by atomic mass is 16.5. The van der Waals surface area contributed by atoms with E-state index >= 15 is 0 Å². The number of rotatable bonds is 6. The Morgan fingerprint density at radius 2 is 1.75 bits per heavy atom. The van der Waals surface area contributed by atoms with Gasteiger partial charge in [0.15, 0.2) is 11.5 Å². The van der Waals surface area contributed by atoms with E-state index in [9.17, 15) is 4.79 Å². The minimum absolute atomic E-state index is 0.0365. The first kappa shape index (κ1) is 19.8. The fourth-order valence-corrected chi connectivity index (χ4v) is 3.29. The van der Waals surface area contributed by atoms with Crippen molar-refractivity contribution >= 4 is 11.7 Å². The van der Waals surface area contributed by atoms with Gasteiger partial charge in [-0.1, -0.05) is 24.3 Å². The van der Waals surface area contributed by atoms with E-state index in [4.69, 9.17) is 18.9 Å². The summed E-state index contributed by atoms with van der Waals surface area (Å²) in [5, 5.41) is 2.87. The summed E-state index contributed by atoms with van der Waals surface area (Å²) in [6.07, 6.45) is 0.753. The third-order valence-corrected chi connectivity index (χ3v) is 4.78. The summed E-state index contributed by atoms with van der Waals surface area (Å²) in [6.45, 7) is 1.06. The molecular weight excluding hydrogens is 360 g/mol. The van der Waals surface area contributed by atoms with Gasteiger partial charge >= 0.3 is 6.03 Å². The average molecular weight is 386 g/mol. The Hall–Kier alpha value is -2.93. The first-order chi connectivity index (χ1) is 13.5. The maximum atomic E-state index is 12.6. The Morgan fingerprint density at radius 1 is 1.11 bits per heavy atom. The lowest BCUT2D eigenvalue weighted by Gasteiger charge is -2.29. The molecule has 0 saturated heterocycles. The second-order valence-electron chi connectivity index (χ2n) is 6.63. The van der Waals surface area contributed by atoms with Gasteiger partial charge in [-0.05, 0) is 11.1 Å². The Morgan fingerprint density at radius 3 is 2.36 bits per heavy atom. The van der Waals surface area contributed by atoms with Gasteiger partial charge < -0.3 is 29.2 Å². The van der Waals surface area contributed by atoms with Crippen LogP contribution in [0.2, 0.25) is 0 Å². The standard InChI is InChI=1S/C21H26N2O5/c1-23(12-17-9-14-7-5-6-8-15(14)13-28-17)21(24)22-16-10-18(25-2)20(27-4)19(11-16)26-3/h5-8,10-11,17H,9,12-13H2,1-4H3,(H,22,24). The van der Waals surface area contributed by atoms with Gasteiger partial charge in [0.25, 0.3) is 0 Å². The third-order valence-electron chi connectivity index (χ3n) is 4.78. The maximum absolute atomic E-state index is 12.6. The molecular formula is C21H26N2O5. The molecule has 28 heavy (non-hydrogen) atoms. The Balaban J connectivity index is 1.65. The van der Waals surface area contributed by atoms with Gasteiger partial charge in [-0.3, -0.25) is 0 Å². The van der Waals surface area contributed by atoms with Gasteiger partial charge in [-0.25, -0.2) is 4.79 Å². The maximum Gasteiger partial charge on any atom is 0.321 e. The number of fused-ring (bicyclic) bond motifs is 1. The van der Waals surface area contributed by atoms with Crippen LogP contribution in [0, 0.1) is 0 Å². The van der Waals surface area contributed by atoms with Crippen molar-refractivity contribution in [2.24, 2.45) is 0 Å². The fraction of sp³-hybridized carbons (Fsp3) is 0.381. The molecule has 3 rings (SSSR count). The van der Waals surface area contributed by atoms with Crippen LogP contribution in [0.15, 0.2) is 36.4 Å². The second kappa shape index (κ2) is 8.84. The Bertz CT molecular complexity index is 814. The van der Waals surface area contributed by atoms with Crippen molar-refractivity contribution in [3.63, 3.8) is 0 Å². The SMILES string of the molecule is COc1cc(NC(=O)N(C)CC2Cc3ccccc3CO2)cc(OC)c1OC. The summed E-state index contributed by atoms with van der Waals surface area (Å²) in [5.41, 5.74) is 3.04.